The molecule has 1 aliphatic heterocycles. The van der Waals surface area contributed by atoms with Crippen molar-refractivity contribution in [3.05, 3.63) is 6.20 Å². The molecule has 1 atom stereocenters. The third kappa shape index (κ3) is 4.26. The van der Waals surface area contributed by atoms with Crippen molar-refractivity contribution in [1.29, 1.82) is 0 Å². The first-order valence-electron chi connectivity index (χ1n) is 7.15. The lowest BCUT2D eigenvalue weighted by Crippen LogP contribution is -2.38. The summed E-state index contributed by atoms with van der Waals surface area (Å²) in [5.74, 6) is 1.53. The molecule has 21 heavy (non-hydrogen) atoms. The first-order chi connectivity index (χ1) is 9.70. The summed E-state index contributed by atoms with van der Waals surface area (Å²) in [6.45, 7) is 8.74. The predicted octanol–water partition coefficient (Wildman–Crippen LogP) is 1.10. The lowest BCUT2D eigenvalue weighted by atomic mass is 10.1. The molecule has 2 rings (SSSR count). The molecule has 0 aromatic carbocycles. The Bertz CT molecular complexity index is 597. The number of hydrogen-bond acceptors (Lipinski definition) is 7. The molecule has 0 radical (unpaired) electrons. The lowest BCUT2D eigenvalue weighted by Gasteiger charge is -2.27. The minimum absolute atomic E-state index is 0.0633. The molecule has 0 saturated carbocycles. The largest absolute Gasteiger partial charge is 0.364 e. The fourth-order valence-corrected chi connectivity index (χ4v) is 4.18. The maximum atomic E-state index is 11.7. The van der Waals surface area contributed by atoms with Gasteiger partial charge >= 0.3 is 0 Å². The van der Waals surface area contributed by atoms with Crippen molar-refractivity contribution in [2.75, 3.05) is 28.3 Å². The topological polar surface area (TPSA) is 88.1 Å². The van der Waals surface area contributed by atoms with Gasteiger partial charge in [-0.3, -0.25) is 0 Å². The van der Waals surface area contributed by atoms with Crippen LogP contribution >= 0.6 is 0 Å². The Morgan fingerprint density at radius 2 is 2.14 bits per heavy atom. The number of aromatic nitrogens is 3. The first-order valence-corrected chi connectivity index (χ1v) is 8.97. The normalized spacial score (nSPS) is 21.2. The van der Waals surface area contributed by atoms with Gasteiger partial charge in [0.25, 0.3) is 0 Å². The molecular weight excluding hydrogens is 290 g/mol. The second-order valence-electron chi connectivity index (χ2n) is 6.36. The number of nitrogens with zero attached hydrogens (tertiary/aromatic N) is 4. The summed E-state index contributed by atoms with van der Waals surface area (Å²) in [5.41, 5.74) is -0.124. The third-order valence-corrected chi connectivity index (χ3v) is 5.05. The van der Waals surface area contributed by atoms with Gasteiger partial charge in [0.1, 0.15) is 0 Å². The average molecular weight is 313 g/mol. The summed E-state index contributed by atoms with van der Waals surface area (Å²) >= 11 is 0. The van der Waals surface area contributed by atoms with Gasteiger partial charge in [-0.15, -0.1) is 5.10 Å². The van der Waals surface area contributed by atoms with E-state index in [9.17, 15) is 8.42 Å². The smallest absolute Gasteiger partial charge is 0.247 e. The summed E-state index contributed by atoms with van der Waals surface area (Å²) in [5, 5.41) is 11.3. The van der Waals surface area contributed by atoms with E-state index in [2.05, 4.69) is 20.5 Å². The minimum Gasteiger partial charge on any atom is -0.364 e. The third-order valence-electron chi connectivity index (χ3n) is 3.30. The van der Waals surface area contributed by atoms with Crippen LogP contribution in [0.15, 0.2) is 6.20 Å². The molecular formula is C13H23N5O2S. The zero-order valence-electron chi connectivity index (χ0n) is 13.0. The SMILES string of the molecule is CCN(c1nncc(NC(C)(C)C)n1)C1CCS(=O)(=O)C1. The molecule has 1 aromatic rings. The standard InChI is InChI=1S/C13H23N5O2S/c1-5-18(10-6-7-21(19,20)9-10)12-15-11(8-14-17-12)16-13(2,3)4/h8,10H,5-7,9H2,1-4H3,(H,15,16,17). The fraction of sp³-hybridized carbons (Fsp3) is 0.769. The van der Waals surface area contributed by atoms with Crippen molar-refractivity contribution < 1.29 is 8.42 Å². The van der Waals surface area contributed by atoms with Crippen molar-refractivity contribution in [3.63, 3.8) is 0 Å². The molecule has 7 nitrogen and oxygen atoms in total. The fourth-order valence-electron chi connectivity index (χ4n) is 2.44. The van der Waals surface area contributed by atoms with Gasteiger partial charge in [-0.05, 0) is 34.1 Å². The Morgan fingerprint density at radius 1 is 1.43 bits per heavy atom. The quantitative estimate of drug-likeness (QED) is 0.890. The van der Waals surface area contributed by atoms with Gasteiger partial charge in [0.2, 0.25) is 5.95 Å². The Labute approximate surface area is 126 Å². The molecule has 1 unspecified atom stereocenters. The molecule has 118 valence electrons. The molecule has 0 amide bonds. The van der Waals surface area contributed by atoms with Gasteiger partial charge in [-0.25, -0.2) is 8.42 Å². The monoisotopic (exact) mass is 313 g/mol. The van der Waals surface area contributed by atoms with E-state index in [1.165, 1.54) is 0 Å². The van der Waals surface area contributed by atoms with E-state index in [-0.39, 0.29) is 23.1 Å². The van der Waals surface area contributed by atoms with Gasteiger partial charge < -0.3 is 10.2 Å². The van der Waals surface area contributed by atoms with Gasteiger partial charge in [-0.2, -0.15) is 10.1 Å². The Morgan fingerprint density at radius 3 is 2.67 bits per heavy atom. The summed E-state index contributed by atoms with van der Waals surface area (Å²) in [6.07, 6.45) is 2.20. The van der Waals surface area contributed by atoms with Crippen LogP contribution in [0.3, 0.4) is 0 Å². The van der Waals surface area contributed by atoms with E-state index in [4.69, 9.17) is 0 Å². The summed E-state index contributed by atoms with van der Waals surface area (Å²) < 4.78 is 23.3. The zero-order chi connectivity index (χ0) is 15.7. The summed E-state index contributed by atoms with van der Waals surface area (Å²) in [7, 11) is -2.93. The van der Waals surface area contributed by atoms with E-state index in [1.54, 1.807) is 6.20 Å². The Balaban J connectivity index is 2.21. The number of rotatable bonds is 4. The molecule has 0 spiro atoms. The second kappa shape index (κ2) is 5.75. The molecule has 1 aliphatic rings. The number of anilines is 2. The molecule has 0 aliphatic carbocycles. The van der Waals surface area contributed by atoms with Crippen molar-refractivity contribution in [3.8, 4) is 0 Å². The van der Waals surface area contributed by atoms with E-state index >= 15 is 0 Å². The molecule has 0 bridgehead atoms. The minimum atomic E-state index is -2.93. The number of hydrogen-bond donors (Lipinski definition) is 1. The maximum Gasteiger partial charge on any atom is 0.247 e. The van der Waals surface area contributed by atoms with E-state index in [1.807, 2.05) is 32.6 Å². The van der Waals surface area contributed by atoms with Crippen molar-refractivity contribution in [2.45, 2.75) is 45.7 Å². The van der Waals surface area contributed by atoms with Crippen molar-refractivity contribution >= 4 is 21.6 Å². The van der Waals surface area contributed by atoms with Gasteiger partial charge in [0.15, 0.2) is 15.7 Å². The van der Waals surface area contributed by atoms with Crippen molar-refractivity contribution in [1.82, 2.24) is 15.2 Å². The molecule has 1 fully saturated rings. The van der Waals surface area contributed by atoms with Crippen molar-refractivity contribution in [2.24, 2.45) is 0 Å². The van der Waals surface area contributed by atoms with Crippen LogP contribution in [0, 0.1) is 0 Å². The zero-order valence-corrected chi connectivity index (χ0v) is 13.8. The van der Waals surface area contributed by atoms with Crippen LogP contribution in [0.4, 0.5) is 11.8 Å². The summed E-state index contributed by atoms with van der Waals surface area (Å²) in [6, 6.07) is -0.0633. The molecule has 1 saturated heterocycles. The number of nitrogens with one attached hydrogen (secondary N) is 1. The van der Waals surface area contributed by atoms with Crippen LogP contribution in [0.2, 0.25) is 0 Å². The predicted molar refractivity (Wildman–Crippen MR) is 83.3 cm³/mol. The maximum absolute atomic E-state index is 11.7. The Hall–Kier alpha value is -1.44. The summed E-state index contributed by atoms with van der Waals surface area (Å²) in [4.78, 5) is 6.39. The highest BCUT2D eigenvalue weighted by Gasteiger charge is 2.33. The van der Waals surface area contributed by atoms with Gasteiger partial charge in [0, 0.05) is 18.1 Å². The van der Waals surface area contributed by atoms with E-state index in [0.717, 1.165) is 0 Å². The second-order valence-corrected chi connectivity index (χ2v) is 8.59. The highest BCUT2D eigenvalue weighted by Crippen LogP contribution is 2.22. The van der Waals surface area contributed by atoms with E-state index in [0.29, 0.717) is 24.7 Å². The molecule has 8 heteroatoms. The van der Waals surface area contributed by atoms with Crippen LogP contribution < -0.4 is 10.2 Å². The van der Waals surface area contributed by atoms with Gasteiger partial charge in [0.05, 0.1) is 17.7 Å². The first kappa shape index (κ1) is 15.9. The average Bonchev–Trinajstić information content (AvgIpc) is 2.69. The lowest BCUT2D eigenvalue weighted by molar-refractivity contribution is 0.598. The van der Waals surface area contributed by atoms with E-state index < -0.39 is 9.84 Å². The molecule has 1 N–H and O–H groups in total. The van der Waals surface area contributed by atoms with Crippen LogP contribution in [0.25, 0.3) is 0 Å². The van der Waals surface area contributed by atoms with Gasteiger partial charge in [-0.1, -0.05) is 0 Å². The van der Waals surface area contributed by atoms with Crippen LogP contribution in [-0.4, -0.2) is 53.2 Å². The molecule has 1 aromatic heterocycles. The Kier molecular flexibility index (Phi) is 4.36. The number of sulfone groups is 1. The van der Waals surface area contributed by atoms with Crippen LogP contribution in [0.1, 0.15) is 34.1 Å². The highest BCUT2D eigenvalue weighted by molar-refractivity contribution is 7.91. The highest BCUT2D eigenvalue weighted by atomic mass is 32.2. The van der Waals surface area contributed by atoms with Crippen LogP contribution in [-0.2, 0) is 9.84 Å². The van der Waals surface area contributed by atoms with Crippen LogP contribution in [0.5, 0.6) is 0 Å². The molecule has 2 heterocycles.